The molecule has 0 spiro atoms. The lowest BCUT2D eigenvalue weighted by atomic mass is 9.97. The number of piperazine rings is 1. The average Bonchev–Trinajstić information content (AvgIpc) is 2.85. The number of anilines is 1. The van der Waals surface area contributed by atoms with Gasteiger partial charge in [-0.1, -0.05) is 29.3 Å². The van der Waals surface area contributed by atoms with Crippen molar-refractivity contribution in [2.75, 3.05) is 51.3 Å². The van der Waals surface area contributed by atoms with Crippen LogP contribution in [0.15, 0.2) is 41.3 Å². The fourth-order valence-corrected chi connectivity index (χ4v) is 6.81. The van der Waals surface area contributed by atoms with Gasteiger partial charge in [-0.25, -0.2) is 8.42 Å². The molecular formula is C24H29Cl2N3O4S. The molecule has 7 nitrogen and oxygen atoms in total. The Morgan fingerprint density at radius 3 is 2.38 bits per heavy atom. The summed E-state index contributed by atoms with van der Waals surface area (Å²) < 4.78 is 33.4. The monoisotopic (exact) mass is 525 g/mol. The molecule has 1 atom stereocenters. The van der Waals surface area contributed by atoms with Crippen LogP contribution in [0, 0.1) is 12.8 Å². The third-order valence-electron chi connectivity index (χ3n) is 6.58. The Kier molecular flexibility index (Phi) is 7.62. The highest BCUT2D eigenvalue weighted by Crippen LogP contribution is 2.32. The standard InChI is InChI=1S/C24H29Cl2N3O4S/c1-17-5-6-19(25)14-21(17)27-10-12-28(13-11-27)24(30)18-4-3-9-29(16-18)34(31,32)23-15-20(26)7-8-22(23)33-2/h5-8,14-15,18H,3-4,9-13,16H2,1-2H3/t18-/m1/s1. The zero-order valence-corrected chi connectivity index (χ0v) is 21.7. The molecule has 34 heavy (non-hydrogen) atoms. The number of hydrogen-bond donors (Lipinski definition) is 0. The van der Waals surface area contributed by atoms with Gasteiger partial charge in [-0.3, -0.25) is 4.79 Å². The highest BCUT2D eigenvalue weighted by Gasteiger charge is 2.37. The number of hydrogen-bond acceptors (Lipinski definition) is 5. The van der Waals surface area contributed by atoms with Crippen LogP contribution < -0.4 is 9.64 Å². The highest BCUT2D eigenvalue weighted by atomic mass is 35.5. The lowest BCUT2D eigenvalue weighted by Gasteiger charge is -2.40. The minimum absolute atomic E-state index is 0.0143. The molecule has 2 saturated heterocycles. The first-order chi connectivity index (χ1) is 16.2. The third-order valence-corrected chi connectivity index (χ3v) is 8.94. The summed E-state index contributed by atoms with van der Waals surface area (Å²) in [5.74, 6) is -0.112. The molecule has 2 aromatic rings. The Balaban J connectivity index is 1.43. The fourth-order valence-electron chi connectivity index (χ4n) is 4.70. The lowest BCUT2D eigenvalue weighted by Crippen LogP contribution is -2.53. The van der Waals surface area contributed by atoms with E-state index in [1.807, 2.05) is 23.1 Å². The highest BCUT2D eigenvalue weighted by molar-refractivity contribution is 7.89. The summed E-state index contributed by atoms with van der Waals surface area (Å²) in [5.41, 5.74) is 2.23. The van der Waals surface area contributed by atoms with E-state index < -0.39 is 10.0 Å². The summed E-state index contributed by atoms with van der Waals surface area (Å²) in [6, 6.07) is 10.4. The maximum atomic E-state index is 13.4. The average molecular weight is 526 g/mol. The molecule has 2 aliphatic heterocycles. The van der Waals surface area contributed by atoms with Crippen LogP contribution in [0.25, 0.3) is 0 Å². The van der Waals surface area contributed by atoms with Gasteiger partial charge >= 0.3 is 0 Å². The van der Waals surface area contributed by atoms with E-state index in [1.165, 1.54) is 17.5 Å². The number of ether oxygens (including phenoxy) is 1. The van der Waals surface area contributed by atoms with E-state index in [2.05, 4.69) is 11.8 Å². The van der Waals surface area contributed by atoms with Gasteiger partial charge in [-0.15, -0.1) is 0 Å². The molecule has 2 heterocycles. The van der Waals surface area contributed by atoms with E-state index in [-0.39, 0.29) is 29.0 Å². The number of rotatable bonds is 5. The molecule has 0 saturated carbocycles. The van der Waals surface area contributed by atoms with Crippen molar-refractivity contribution >= 4 is 44.8 Å². The van der Waals surface area contributed by atoms with E-state index in [4.69, 9.17) is 27.9 Å². The molecule has 0 aromatic heterocycles. The molecule has 0 bridgehead atoms. The zero-order valence-electron chi connectivity index (χ0n) is 19.3. The largest absolute Gasteiger partial charge is 0.495 e. The Morgan fingerprint density at radius 2 is 1.68 bits per heavy atom. The predicted molar refractivity (Wildman–Crippen MR) is 134 cm³/mol. The minimum Gasteiger partial charge on any atom is -0.495 e. The van der Waals surface area contributed by atoms with Crippen molar-refractivity contribution < 1.29 is 17.9 Å². The number of methoxy groups -OCH3 is 1. The quantitative estimate of drug-likeness (QED) is 0.588. The Bertz CT molecular complexity index is 1170. The second-order valence-corrected chi connectivity index (χ2v) is 11.5. The van der Waals surface area contributed by atoms with Crippen molar-refractivity contribution in [2.24, 2.45) is 5.92 Å². The van der Waals surface area contributed by atoms with Crippen LogP contribution in [0.5, 0.6) is 5.75 Å². The summed E-state index contributed by atoms with van der Waals surface area (Å²) in [5, 5.41) is 1.01. The molecule has 4 rings (SSSR count). The second-order valence-electron chi connectivity index (χ2n) is 8.74. The molecule has 2 aliphatic rings. The Morgan fingerprint density at radius 1 is 1.00 bits per heavy atom. The minimum atomic E-state index is -3.85. The van der Waals surface area contributed by atoms with Gasteiger partial charge in [0.2, 0.25) is 15.9 Å². The second kappa shape index (κ2) is 10.3. The molecule has 10 heteroatoms. The van der Waals surface area contributed by atoms with Gasteiger partial charge in [-0.2, -0.15) is 4.31 Å². The van der Waals surface area contributed by atoms with Gasteiger partial charge in [0, 0.05) is 55.0 Å². The van der Waals surface area contributed by atoms with Crippen LogP contribution in [0.1, 0.15) is 18.4 Å². The molecule has 0 unspecified atom stereocenters. The van der Waals surface area contributed by atoms with Crippen molar-refractivity contribution in [3.05, 3.63) is 52.0 Å². The van der Waals surface area contributed by atoms with Gasteiger partial charge in [0.25, 0.3) is 0 Å². The van der Waals surface area contributed by atoms with Gasteiger partial charge in [0.05, 0.1) is 13.0 Å². The smallest absolute Gasteiger partial charge is 0.246 e. The predicted octanol–water partition coefficient (Wildman–Crippen LogP) is 4.06. The van der Waals surface area contributed by atoms with E-state index in [0.717, 1.165) is 11.3 Å². The van der Waals surface area contributed by atoms with Gasteiger partial charge < -0.3 is 14.5 Å². The van der Waals surface area contributed by atoms with E-state index in [0.29, 0.717) is 55.6 Å². The topological polar surface area (TPSA) is 70.2 Å². The van der Waals surface area contributed by atoms with Crippen LogP contribution in [0.3, 0.4) is 0 Å². The van der Waals surface area contributed by atoms with Gasteiger partial charge in [-0.05, 0) is 55.7 Å². The molecule has 0 aliphatic carbocycles. The summed E-state index contributed by atoms with van der Waals surface area (Å²) in [6.45, 7) is 5.18. The van der Waals surface area contributed by atoms with Crippen molar-refractivity contribution in [1.29, 1.82) is 0 Å². The van der Waals surface area contributed by atoms with E-state index in [9.17, 15) is 13.2 Å². The Hall–Kier alpha value is -2.00. The van der Waals surface area contributed by atoms with Gasteiger partial charge in [0.15, 0.2) is 0 Å². The first-order valence-corrected chi connectivity index (χ1v) is 13.5. The number of sulfonamides is 1. The van der Waals surface area contributed by atoms with Crippen LogP contribution in [-0.4, -0.2) is 69.9 Å². The van der Waals surface area contributed by atoms with Gasteiger partial charge in [0.1, 0.15) is 10.6 Å². The van der Waals surface area contributed by atoms with Crippen LogP contribution in [-0.2, 0) is 14.8 Å². The van der Waals surface area contributed by atoms with Crippen molar-refractivity contribution in [3.63, 3.8) is 0 Å². The van der Waals surface area contributed by atoms with Crippen LogP contribution >= 0.6 is 23.2 Å². The number of amides is 1. The number of benzene rings is 2. The lowest BCUT2D eigenvalue weighted by molar-refractivity contribution is -0.137. The Labute approximate surface area is 211 Å². The van der Waals surface area contributed by atoms with Crippen LogP contribution in [0.4, 0.5) is 5.69 Å². The number of halogens is 2. The first kappa shape index (κ1) is 25.1. The molecule has 0 radical (unpaired) electrons. The van der Waals surface area contributed by atoms with E-state index >= 15 is 0 Å². The zero-order chi connectivity index (χ0) is 24.5. The molecular weight excluding hydrogens is 497 g/mol. The summed E-state index contributed by atoms with van der Waals surface area (Å²) >= 11 is 12.2. The summed E-state index contributed by atoms with van der Waals surface area (Å²) in [7, 11) is -2.42. The molecule has 0 N–H and O–H groups in total. The normalized spacial score (nSPS) is 19.8. The first-order valence-electron chi connectivity index (χ1n) is 11.3. The fraction of sp³-hybridized carbons (Fsp3) is 0.458. The molecule has 184 valence electrons. The molecule has 2 aromatic carbocycles. The van der Waals surface area contributed by atoms with Crippen LogP contribution in [0.2, 0.25) is 10.0 Å². The molecule has 1 amide bonds. The SMILES string of the molecule is COc1ccc(Cl)cc1S(=O)(=O)N1CCC[C@@H](C(=O)N2CCN(c3cc(Cl)ccc3C)CC2)C1. The van der Waals surface area contributed by atoms with Crippen molar-refractivity contribution in [3.8, 4) is 5.75 Å². The number of carbonyl (C=O) groups excluding carboxylic acids is 1. The maximum Gasteiger partial charge on any atom is 0.246 e. The van der Waals surface area contributed by atoms with Crippen molar-refractivity contribution in [1.82, 2.24) is 9.21 Å². The van der Waals surface area contributed by atoms with Crippen molar-refractivity contribution in [2.45, 2.75) is 24.7 Å². The maximum absolute atomic E-state index is 13.4. The number of nitrogens with zero attached hydrogens (tertiary/aromatic N) is 3. The summed E-state index contributed by atoms with van der Waals surface area (Å²) in [4.78, 5) is 17.5. The third kappa shape index (κ3) is 5.15. The molecule has 2 fully saturated rings. The van der Waals surface area contributed by atoms with E-state index in [1.54, 1.807) is 12.1 Å². The number of piperidine rings is 1. The summed E-state index contributed by atoms with van der Waals surface area (Å²) in [6.07, 6.45) is 1.30. The number of aryl methyl sites for hydroxylation is 1. The number of carbonyl (C=O) groups is 1.